The molecule has 1 aliphatic rings. The summed E-state index contributed by atoms with van der Waals surface area (Å²) in [5.74, 6) is 1.01. The van der Waals surface area contributed by atoms with Gasteiger partial charge in [0.25, 0.3) is 0 Å². The zero-order valence-corrected chi connectivity index (χ0v) is 18.4. The number of nitrogens with one attached hydrogen (secondary N) is 1. The summed E-state index contributed by atoms with van der Waals surface area (Å²) in [6, 6.07) is 8.66. The molecule has 0 spiro atoms. The second kappa shape index (κ2) is 11.4. The predicted octanol–water partition coefficient (Wildman–Crippen LogP) is 2.03. The number of likely N-dealkylation sites (tertiary alicyclic amines) is 1. The normalized spacial score (nSPS) is 17.8. The first kappa shape index (κ1) is 22.7. The van der Waals surface area contributed by atoms with Crippen molar-refractivity contribution in [1.29, 1.82) is 0 Å². The molecule has 146 valence electrons. The minimum atomic E-state index is -0.215. The fourth-order valence-electron chi connectivity index (χ4n) is 3.35. The Kier molecular flexibility index (Phi) is 9.93. The lowest BCUT2D eigenvalue weighted by Crippen LogP contribution is -2.46. The molecular weight excluding hydrogens is 441 g/mol. The van der Waals surface area contributed by atoms with Gasteiger partial charge in [-0.15, -0.1) is 24.0 Å². The largest absolute Gasteiger partial charge is 0.370 e. The fraction of sp³-hybridized carbons (Fsp3) is 0.579. The maximum absolute atomic E-state index is 11.2. The van der Waals surface area contributed by atoms with E-state index in [0.29, 0.717) is 12.3 Å². The summed E-state index contributed by atoms with van der Waals surface area (Å²) >= 11 is 0. The molecule has 1 unspecified atom stereocenters. The molecule has 2 rings (SSSR count). The predicted molar refractivity (Wildman–Crippen MR) is 118 cm³/mol. The lowest BCUT2D eigenvalue weighted by Gasteiger charge is -2.34. The van der Waals surface area contributed by atoms with Crippen LogP contribution in [0.15, 0.2) is 29.3 Å². The summed E-state index contributed by atoms with van der Waals surface area (Å²) < 4.78 is 0. The van der Waals surface area contributed by atoms with Gasteiger partial charge in [-0.25, -0.2) is 0 Å². The van der Waals surface area contributed by atoms with Crippen LogP contribution >= 0.6 is 24.0 Å². The van der Waals surface area contributed by atoms with Crippen LogP contribution in [0.4, 0.5) is 0 Å². The van der Waals surface area contributed by atoms with Crippen molar-refractivity contribution in [3.63, 3.8) is 0 Å². The van der Waals surface area contributed by atoms with Gasteiger partial charge in [0.1, 0.15) is 0 Å². The van der Waals surface area contributed by atoms with E-state index in [1.54, 1.807) is 7.05 Å². The van der Waals surface area contributed by atoms with Crippen molar-refractivity contribution in [2.24, 2.45) is 16.6 Å². The van der Waals surface area contributed by atoms with Crippen LogP contribution in [-0.2, 0) is 17.9 Å². The number of hydrogen-bond acceptors (Lipinski definition) is 3. The number of piperidine rings is 1. The summed E-state index contributed by atoms with van der Waals surface area (Å²) in [7, 11) is 5.95. The first-order valence-electron chi connectivity index (χ1n) is 8.94. The number of amides is 1. The Morgan fingerprint density at radius 3 is 2.54 bits per heavy atom. The van der Waals surface area contributed by atoms with E-state index in [2.05, 4.69) is 58.5 Å². The molecular formula is C19H32IN5O. The van der Waals surface area contributed by atoms with E-state index < -0.39 is 0 Å². The lowest BCUT2D eigenvalue weighted by molar-refractivity contribution is -0.119. The number of benzene rings is 1. The number of primary amides is 1. The van der Waals surface area contributed by atoms with E-state index in [9.17, 15) is 4.79 Å². The number of carbonyl (C=O) groups is 1. The highest BCUT2D eigenvalue weighted by atomic mass is 127. The maximum Gasteiger partial charge on any atom is 0.217 e. The van der Waals surface area contributed by atoms with Gasteiger partial charge >= 0.3 is 0 Å². The summed E-state index contributed by atoms with van der Waals surface area (Å²) in [4.78, 5) is 20.0. The molecule has 0 aromatic heterocycles. The lowest BCUT2D eigenvalue weighted by atomic mass is 9.95. The van der Waals surface area contributed by atoms with Gasteiger partial charge in [-0.2, -0.15) is 0 Å². The molecule has 1 aromatic carbocycles. The number of halogens is 1. The molecule has 1 saturated heterocycles. The van der Waals surface area contributed by atoms with Crippen molar-refractivity contribution in [2.45, 2.75) is 32.4 Å². The van der Waals surface area contributed by atoms with Gasteiger partial charge in [0.15, 0.2) is 5.96 Å². The number of guanidine groups is 1. The molecule has 26 heavy (non-hydrogen) atoms. The average Bonchev–Trinajstić information content (AvgIpc) is 2.56. The number of hydrogen-bond donors (Lipinski definition) is 2. The van der Waals surface area contributed by atoms with Gasteiger partial charge in [-0.3, -0.25) is 9.79 Å². The monoisotopic (exact) mass is 473 g/mol. The van der Waals surface area contributed by atoms with Crippen molar-refractivity contribution >= 4 is 35.8 Å². The first-order chi connectivity index (χ1) is 12.0. The highest BCUT2D eigenvalue weighted by Crippen LogP contribution is 2.19. The number of aliphatic imine (C=N–C) groups is 1. The molecule has 6 nitrogen and oxygen atoms in total. The van der Waals surface area contributed by atoms with Crippen molar-refractivity contribution in [3.8, 4) is 0 Å². The molecule has 0 radical (unpaired) electrons. The van der Waals surface area contributed by atoms with Crippen LogP contribution in [0.3, 0.4) is 0 Å². The molecule has 7 heteroatoms. The molecule has 1 amide bonds. The van der Waals surface area contributed by atoms with Gasteiger partial charge in [0.2, 0.25) is 5.91 Å². The quantitative estimate of drug-likeness (QED) is 0.377. The Labute approximate surface area is 174 Å². The third kappa shape index (κ3) is 7.49. The van der Waals surface area contributed by atoms with Crippen LogP contribution in [-0.4, -0.2) is 55.9 Å². The van der Waals surface area contributed by atoms with Crippen molar-refractivity contribution in [3.05, 3.63) is 35.4 Å². The molecule has 1 aromatic rings. The molecule has 0 bridgehead atoms. The number of carbonyl (C=O) groups excluding carboxylic acids is 1. The molecule has 1 heterocycles. The Hall–Kier alpha value is -1.35. The highest BCUT2D eigenvalue weighted by molar-refractivity contribution is 14.0. The van der Waals surface area contributed by atoms with Gasteiger partial charge in [0, 0.05) is 39.6 Å². The van der Waals surface area contributed by atoms with E-state index in [4.69, 9.17) is 5.73 Å². The molecule has 1 fully saturated rings. The van der Waals surface area contributed by atoms with Crippen LogP contribution in [0, 0.1) is 5.92 Å². The molecule has 0 saturated carbocycles. The third-order valence-corrected chi connectivity index (χ3v) is 4.49. The van der Waals surface area contributed by atoms with E-state index in [1.165, 1.54) is 11.1 Å². The Bertz CT molecular complexity index is 588. The summed E-state index contributed by atoms with van der Waals surface area (Å²) in [5, 5.41) is 3.44. The average molecular weight is 473 g/mol. The minimum absolute atomic E-state index is 0. The SMILES string of the molecule is CN=C(NCc1ccc(CN(C)C)cc1)N1CCCC(CC(N)=O)C1.I. The molecule has 1 atom stereocenters. The second-order valence-electron chi connectivity index (χ2n) is 7.08. The zero-order chi connectivity index (χ0) is 18.2. The van der Waals surface area contributed by atoms with Gasteiger partial charge < -0.3 is 20.9 Å². The number of nitrogens with two attached hydrogens (primary N) is 1. The summed E-state index contributed by atoms with van der Waals surface area (Å²) in [6.45, 7) is 3.50. The third-order valence-electron chi connectivity index (χ3n) is 4.49. The topological polar surface area (TPSA) is 74.0 Å². The number of nitrogens with zero attached hydrogens (tertiary/aromatic N) is 3. The summed E-state index contributed by atoms with van der Waals surface area (Å²) in [6.07, 6.45) is 2.59. The Morgan fingerprint density at radius 1 is 1.31 bits per heavy atom. The standard InChI is InChI=1S/C19H31N5O.HI/c1-21-19(24-10-4-5-17(14-24)11-18(20)25)22-12-15-6-8-16(9-7-15)13-23(2)3;/h6-9,17H,4-5,10-14H2,1-3H3,(H2,20,25)(H,21,22);1H. The second-order valence-corrected chi connectivity index (χ2v) is 7.08. The first-order valence-corrected chi connectivity index (χ1v) is 8.94. The zero-order valence-electron chi connectivity index (χ0n) is 16.1. The van der Waals surface area contributed by atoms with E-state index in [-0.39, 0.29) is 29.9 Å². The van der Waals surface area contributed by atoms with Crippen LogP contribution in [0.5, 0.6) is 0 Å². The van der Waals surface area contributed by atoms with Crippen LogP contribution in [0.2, 0.25) is 0 Å². The van der Waals surface area contributed by atoms with Gasteiger partial charge in [-0.05, 0) is 44.0 Å². The van der Waals surface area contributed by atoms with Crippen LogP contribution < -0.4 is 11.1 Å². The van der Waals surface area contributed by atoms with E-state index >= 15 is 0 Å². The number of rotatable bonds is 6. The van der Waals surface area contributed by atoms with Gasteiger partial charge in [0.05, 0.1) is 0 Å². The molecule has 1 aliphatic heterocycles. The Balaban J connectivity index is 0.00000338. The molecule has 0 aliphatic carbocycles. The van der Waals surface area contributed by atoms with E-state index in [0.717, 1.165) is 45.0 Å². The fourth-order valence-corrected chi connectivity index (χ4v) is 3.35. The maximum atomic E-state index is 11.2. The van der Waals surface area contributed by atoms with Crippen LogP contribution in [0.25, 0.3) is 0 Å². The molecule has 3 N–H and O–H groups in total. The van der Waals surface area contributed by atoms with Crippen molar-refractivity contribution < 1.29 is 4.79 Å². The van der Waals surface area contributed by atoms with Gasteiger partial charge in [-0.1, -0.05) is 24.3 Å². The van der Waals surface area contributed by atoms with Crippen molar-refractivity contribution in [1.82, 2.24) is 15.1 Å². The highest BCUT2D eigenvalue weighted by Gasteiger charge is 2.23. The smallest absolute Gasteiger partial charge is 0.217 e. The van der Waals surface area contributed by atoms with Crippen LogP contribution in [0.1, 0.15) is 30.4 Å². The minimum Gasteiger partial charge on any atom is -0.370 e. The van der Waals surface area contributed by atoms with E-state index in [1.807, 2.05) is 0 Å². The summed E-state index contributed by atoms with van der Waals surface area (Å²) in [5.41, 5.74) is 7.89. The van der Waals surface area contributed by atoms with Crippen molar-refractivity contribution in [2.75, 3.05) is 34.2 Å². The Morgan fingerprint density at radius 2 is 1.96 bits per heavy atom.